The normalized spacial score (nSPS) is 11.5. The van der Waals surface area contributed by atoms with Gasteiger partial charge in [-0.2, -0.15) is 4.31 Å². The van der Waals surface area contributed by atoms with Crippen molar-refractivity contribution in [1.82, 2.24) is 9.29 Å². The van der Waals surface area contributed by atoms with Crippen molar-refractivity contribution in [2.45, 2.75) is 24.9 Å². The maximum Gasteiger partial charge on any atom is 0.245 e. The third-order valence-corrected chi connectivity index (χ3v) is 5.91. The topological polar surface area (TPSA) is 62.3 Å². The Morgan fingerprint density at radius 2 is 1.41 bits per heavy atom. The van der Waals surface area contributed by atoms with Gasteiger partial charge in [-0.15, -0.1) is 0 Å². The number of anilines is 1. The Kier molecular flexibility index (Phi) is 6.21. The van der Waals surface area contributed by atoms with Gasteiger partial charge < -0.3 is 5.32 Å². The number of rotatable bonds is 8. The van der Waals surface area contributed by atoms with Crippen LogP contribution in [0.2, 0.25) is 0 Å². The van der Waals surface area contributed by atoms with Crippen LogP contribution in [0.15, 0.2) is 83.9 Å². The van der Waals surface area contributed by atoms with Gasteiger partial charge in [-0.05, 0) is 30.2 Å². The van der Waals surface area contributed by atoms with Crippen LogP contribution in [-0.4, -0.2) is 24.3 Å². The molecule has 2 aromatic carbocycles. The Balaban J connectivity index is 1.92. The second kappa shape index (κ2) is 8.79. The molecule has 0 aliphatic rings. The second-order valence-electron chi connectivity index (χ2n) is 6.15. The van der Waals surface area contributed by atoms with Crippen molar-refractivity contribution in [3.8, 4) is 0 Å². The maximum absolute atomic E-state index is 13.3. The molecule has 3 rings (SSSR count). The quantitative estimate of drug-likeness (QED) is 0.643. The van der Waals surface area contributed by atoms with Crippen molar-refractivity contribution < 1.29 is 8.42 Å². The number of nitrogens with zero attached hydrogens (tertiary/aromatic N) is 2. The molecule has 1 heterocycles. The SMILES string of the molecule is CCNc1ccc(S(=O)(=O)N(Cc2ccccc2)Cc2ccccc2)cn1. The molecule has 0 aliphatic heterocycles. The third kappa shape index (κ3) is 4.93. The first-order valence-corrected chi connectivity index (χ1v) is 10.3. The summed E-state index contributed by atoms with van der Waals surface area (Å²) in [7, 11) is -3.69. The largest absolute Gasteiger partial charge is 0.370 e. The number of pyridine rings is 1. The lowest BCUT2D eigenvalue weighted by atomic mass is 10.2. The second-order valence-corrected chi connectivity index (χ2v) is 8.09. The molecule has 1 aromatic heterocycles. The smallest absolute Gasteiger partial charge is 0.245 e. The monoisotopic (exact) mass is 381 g/mol. The van der Waals surface area contributed by atoms with Crippen LogP contribution in [0.5, 0.6) is 0 Å². The summed E-state index contributed by atoms with van der Waals surface area (Å²) < 4.78 is 28.0. The van der Waals surface area contributed by atoms with Crippen molar-refractivity contribution >= 4 is 15.8 Å². The molecule has 1 N–H and O–H groups in total. The summed E-state index contributed by atoms with van der Waals surface area (Å²) in [6, 6.07) is 22.5. The zero-order valence-electron chi connectivity index (χ0n) is 15.2. The van der Waals surface area contributed by atoms with Crippen molar-refractivity contribution in [3.63, 3.8) is 0 Å². The molecule has 0 atom stereocenters. The first-order chi connectivity index (χ1) is 13.1. The van der Waals surface area contributed by atoms with Crippen LogP contribution < -0.4 is 5.32 Å². The van der Waals surface area contributed by atoms with Crippen LogP contribution in [0, 0.1) is 0 Å². The summed E-state index contributed by atoms with van der Waals surface area (Å²) in [5, 5.41) is 3.08. The van der Waals surface area contributed by atoms with E-state index in [2.05, 4.69) is 10.3 Å². The van der Waals surface area contributed by atoms with Crippen LogP contribution in [0.4, 0.5) is 5.82 Å². The van der Waals surface area contributed by atoms with Gasteiger partial charge in [-0.25, -0.2) is 13.4 Å². The van der Waals surface area contributed by atoms with E-state index in [9.17, 15) is 8.42 Å². The molecule has 0 saturated carbocycles. The van der Waals surface area contributed by atoms with E-state index >= 15 is 0 Å². The fraction of sp³-hybridized carbons (Fsp3) is 0.190. The van der Waals surface area contributed by atoms with Crippen molar-refractivity contribution in [1.29, 1.82) is 0 Å². The van der Waals surface area contributed by atoms with Gasteiger partial charge in [0.05, 0.1) is 0 Å². The van der Waals surface area contributed by atoms with Gasteiger partial charge in [0.1, 0.15) is 10.7 Å². The molecule has 6 heteroatoms. The highest BCUT2D eigenvalue weighted by atomic mass is 32.2. The highest BCUT2D eigenvalue weighted by molar-refractivity contribution is 7.89. The Labute approximate surface area is 160 Å². The van der Waals surface area contributed by atoms with E-state index in [1.54, 1.807) is 12.1 Å². The van der Waals surface area contributed by atoms with E-state index in [1.807, 2.05) is 67.6 Å². The summed E-state index contributed by atoms with van der Waals surface area (Å²) >= 11 is 0. The van der Waals surface area contributed by atoms with Crippen LogP contribution in [0.25, 0.3) is 0 Å². The van der Waals surface area contributed by atoms with Crippen LogP contribution >= 0.6 is 0 Å². The Hall–Kier alpha value is -2.70. The summed E-state index contributed by atoms with van der Waals surface area (Å²) in [5.74, 6) is 0.661. The molecule has 0 bridgehead atoms. The zero-order valence-corrected chi connectivity index (χ0v) is 16.1. The summed E-state index contributed by atoms with van der Waals surface area (Å²) in [4.78, 5) is 4.40. The molecule has 0 spiro atoms. The number of hydrogen-bond donors (Lipinski definition) is 1. The van der Waals surface area contributed by atoms with Gasteiger partial charge in [0.2, 0.25) is 10.0 Å². The summed E-state index contributed by atoms with van der Waals surface area (Å²) in [5.41, 5.74) is 1.88. The van der Waals surface area contributed by atoms with Gasteiger partial charge in [0.15, 0.2) is 0 Å². The van der Waals surface area contributed by atoms with E-state index < -0.39 is 10.0 Å². The van der Waals surface area contributed by atoms with E-state index in [-0.39, 0.29) is 4.90 Å². The van der Waals surface area contributed by atoms with Crippen molar-refractivity contribution in [2.75, 3.05) is 11.9 Å². The molecule has 27 heavy (non-hydrogen) atoms. The average Bonchev–Trinajstić information content (AvgIpc) is 2.70. The predicted octanol–water partition coefficient (Wildman–Crippen LogP) is 3.90. The van der Waals surface area contributed by atoms with Gasteiger partial charge in [0, 0.05) is 25.8 Å². The number of sulfonamides is 1. The minimum absolute atomic E-state index is 0.191. The Morgan fingerprint density at radius 3 is 1.85 bits per heavy atom. The Morgan fingerprint density at radius 1 is 0.852 bits per heavy atom. The van der Waals surface area contributed by atoms with Crippen LogP contribution in [0.1, 0.15) is 18.1 Å². The number of aromatic nitrogens is 1. The third-order valence-electron chi connectivity index (χ3n) is 4.14. The molecule has 0 saturated heterocycles. The highest BCUT2D eigenvalue weighted by Gasteiger charge is 2.25. The Bertz CT molecular complexity index is 902. The summed E-state index contributed by atoms with van der Waals surface area (Å²) in [6.45, 7) is 3.29. The molecule has 140 valence electrons. The van der Waals surface area contributed by atoms with Crippen LogP contribution in [-0.2, 0) is 23.1 Å². The molecule has 3 aromatic rings. The van der Waals surface area contributed by atoms with Gasteiger partial charge in [-0.1, -0.05) is 60.7 Å². The molecular formula is C21H23N3O2S. The zero-order chi connectivity index (χ0) is 19.1. The van der Waals surface area contributed by atoms with Gasteiger partial charge in [0.25, 0.3) is 0 Å². The fourth-order valence-corrected chi connectivity index (χ4v) is 4.13. The molecule has 0 radical (unpaired) electrons. The first kappa shape index (κ1) is 19.1. The molecule has 0 fully saturated rings. The van der Waals surface area contributed by atoms with E-state index in [4.69, 9.17) is 0 Å². The first-order valence-electron chi connectivity index (χ1n) is 8.87. The minimum Gasteiger partial charge on any atom is -0.370 e. The van der Waals surface area contributed by atoms with E-state index in [1.165, 1.54) is 10.5 Å². The van der Waals surface area contributed by atoms with Crippen molar-refractivity contribution in [2.24, 2.45) is 0 Å². The van der Waals surface area contributed by atoms with E-state index in [0.29, 0.717) is 18.9 Å². The standard InChI is InChI=1S/C21H23N3O2S/c1-2-22-21-14-13-20(15-23-21)27(25,26)24(16-18-9-5-3-6-10-18)17-19-11-7-4-8-12-19/h3-15H,2,16-17H2,1H3,(H,22,23). The van der Waals surface area contributed by atoms with Crippen LogP contribution in [0.3, 0.4) is 0 Å². The number of benzene rings is 2. The number of nitrogens with one attached hydrogen (secondary N) is 1. The minimum atomic E-state index is -3.69. The molecule has 0 aliphatic carbocycles. The maximum atomic E-state index is 13.3. The highest BCUT2D eigenvalue weighted by Crippen LogP contribution is 2.21. The fourth-order valence-electron chi connectivity index (χ4n) is 2.77. The number of hydrogen-bond acceptors (Lipinski definition) is 4. The molecule has 0 amide bonds. The molecular weight excluding hydrogens is 358 g/mol. The lowest BCUT2D eigenvalue weighted by Gasteiger charge is -2.22. The average molecular weight is 382 g/mol. The predicted molar refractivity (Wildman–Crippen MR) is 108 cm³/mol. The molecule has 0 unspecified atom stereocenters. The van der Waals surface area contributed by atoms with Gasteiger partial charge >= 0.3 is 0 Å². The van der Waals surface area contributed by atoms with Crippen molar-refractivity contribution in [3.05, 3.63) is 90.1 Å². The lowest BCUT2D eigenvalue weighted by molar-refractivity contribution is 0.401. The lowest BCUT2D eigenvalue weighted by Crippen LogP contribution is -2.30. The van der Waals surface area contributed by atoms with E-state index in [0.717, 1.165) is 17.7 Å². The molecule has 5 nitrogen and oxygen atoms in total. The van der Waals surface area contributed by atoms with Gasteiger partial charge in [-0.3, -0.25) is 0 Å². The summed E-state index contributed by atoms with van der Waals surface area (Å²) in [6.07, 6.45) is 1.41.